The molecule has 0 spiro atoms. The van der Waals surface area contributed by atoms with Gasteiger partial charge in [-0.3, -0.25) is 4.90 Å². The third-order valence-corrected chi connectivity index (χ3v) is 6.22. The number of carbonyl (C=O) groups excluding carboxylic acids is 1. The van der Waals surface area contributed by atoms with Gasteiger partial charge < -0.3 is 29.4 Å². The van der Waals surface area contributed by atoms with Crippen molar-refractivity contribution in [3.05, 3.63) is 35.6 Å². The first-order chi connectivity index (χ1) is 14.8. The summed E-state index contributed by atoms with van der Waals surface area (Å²) >= 11 is 0. The largest absolute Gasteiger partial charge is 0.493 e. The Bertz CT molecular complexity index is 856. The molecule has 0 radical (unpaired) electrons. The minimum Gasteiger partial charge on any atom is -0.493 e. The van der Waals surface area contributed by atoms with Crippen LogP contribution in [0.3, 0.4) is 0 Å². The van der Waals surface area contributed by atoms with Crippen LogP contribution in [-0.2, 0) is 19.7 Å². The van der Waals surface area contributed by atoms with Crippen molar-refractivity contribution >= 4 is 12.1 Å². The zero-order chi connectivity index (χ0) is 22.6. The molecular weight excluding hydrogens is 404 g/mol. The number of benzene rings is 1. The van der Waals surface area contributed by atoms with Crippen LogP contribution in [0.25, 0.3) is 0 Å². The normalized spacial score (nSPS) is 24.0. The maximum atomic E-state index is 12.2. The smallest absolute Gasteiger partial charge is 0.413 e. The first-order valence-electron chi connectivity index (χ1n) is 10.2. The number of likely N-dealkylation sites (tertiary alicyclic amines) is 1. The number of aliphatic carboxylic acids is 1. The minimum atomic E-state index is -1.18. The van der Waals surface area contributed by atoms with E-state index in [1.165, 1.54) is 7.11 Å². The SMILES string of the molecule is COCC(NC(=O)OC1=CC2N(C)CCC2(c2ccc(OC)c(OC)c2)CC1)C(=O)O. The van der Waals surface area contributed by atoms with E-state index in [0.717, 1.165) is 24.9 Å². The van der Waals surface area contributed by atoms with Gasteiger partial charge in [0.15, 0.2) is 17.5 Å². The summed E-state index contributed by atoms with van der Waals surface area (Å²) < 4.78 is 21.2. The molecule has 0 bridgehead atoms. The molecule has 1 aromatic rings. The standard InChI is InChI=1S/C22H30N2O7/c1-24-10-9-22(14-5-6-17(29-3)18(11-14)30-4)8-7-15(12-19(22)24)31-21(27)23-16(13-28-2)20(25)26/h5-6,11-12,16,19H,7-10,13H2,1-4H3,(H,23,27)(H,25,26). The van der Waals surface area contributed by atoms with Gasteiger partial charge in [0.25, 0.3) is 0 Å². The number of carbonyl (C=O) groups is 2. The van der Waals surface area contributed by atoms with E-state index in [2.05, 4.69) is 16.3 Å². The van der Waals surface area contributed by atoms with Crippen molar-refractivity contribution < 1.29 is 33.6 Å². The van der Waals surface area contributed by atoms with Gasteiger partial charge in [0.1, 0.15) is 5.76 Å². The summed E-state index contributed by atoms with van der Waals surface area (Å²) in [6.07, 6.45) is 3.49. The van der Waals surface area contributed by atoms with Crippen LogP contribution in [0.5, 0.6) is 11.5 Å². The Morgan fingerprint density at radius 3 is 2.61 bits per heavy atom. The van der Waals surface area contributed by atoms with Crippen molar-refractivity contribution in [3.8, 4) is 11.5 Å². The predicted octanol–water partition coefficient (Wildman–Crippen LogP) is 2.15. The van der Waals surface area contributed by atoms with Gasteiger partial charge in [-0.2, -0.15) is 0 Å². The number of carboxylic acids is 1. The molecule has 9 nitrogen and oxygen atoms in total. The van der Waals surface area contributed by atoms with Crippen molar-refractivity contribution in [1.29, 1.82) is 0 Å². The zero-order valence-corrected chi connectivity index (χ0v) is 18.3. The summed E-state index contributed by atoms with van der Waals surface area (Å²) in [5.41, 5.74) is 1.03. The second-order valence-corrected chi connectivity index (χ2v) is 7.91. The molecule has 1 heterocycles. The lowest BCUT2D eigenvalue weighted by Gasteiger charge is -2.40. The average Bonchev–Trinajstić information content (AvgIpc) is 3.10. The van der Waals surface area contributed by atoms with Crippen LogP contribution in [0.15, 0.2) is 30.0 Å². The molecule has 1 amide bonds. The Kier molecular flexibility index (Phi) is 7.07. The molecule has 1 aliphatic heterocycles. The fourth-order valence-electron chi connectivity index (χ4n) is 4.57. The van der Waals surface area contributed by atoms with E-state index in [-0.39, 0.29) is 18.1 Å². The summed E-state index contributed by atoms with van der Waals surface area (Å²) in [5, 5.41) is 11.5. The number of allylic oxidation sites excluding steroid dienone is 1. The fraction of sp³-hybridized carbons (Fsp3) is 0.545. The molecule has 170 valence electrons. The minimum absolute atomic E-state index is 0.0383. The van der Waals surface area contributed by atoms with Crippen molar-refractivity contribution in [2.75, 3.05) is 41.5 Å². The van der Waals surface area contributed by atoms with Crippen molar-refractivity contribution in [2.45, 2.75) is 36.8 Å². The summed E-state index contributed by atoms with van der Waals surface area (Å²) in [4.78, 5) is 25.7. The quantitative estimate of drug-likeness (QED) is 0.641. The summed E-state index contributed by atoms with van der Waals surface area (Å²) in [6.45, 7) is 0.765. The topological polar surface area (TPSA) is 107 Å². The van der Waals surface area contributed by atoms with Gasteiger partial charge in [-0.05, 0) is 50.2 Å². The van der Waals surface area contributed by atoms with E-state index in [1.807, 2.05) is 25.3 Å². The van der Waals surface area contributed by atoms with Crippen molar-refractivity contribution in [2.24, 2.45) is 0 Å². The molecule has 1 fully saturated rings. The Morgan fingerprint density at radius 1 is 1.23 bits per heavy atom. The summed E-state index contributed by atoms with van der Waals surface area (Å²) in [7, 11) is 6.65. The van der Waals surface area contributed by atoms with Crippen LogP contribution in [0.1, 0.15) is 24.8 Å². The highest BCUT2D eigenvalue weighted by molar-refractivity contribution is 5.80. The second kappa shape index (κ2) is 9.57. The van der Waals surface area contributed by atoms with Crippen LogP contribution >= 0.6 is 0 Å². The molecule has 1 saturated heterocycles. The lowest BCUT2D eigenvalue weighted by Crippen LogP contribution is -2.45. The highest BCUT2D eigenvalue weighted by Gasteiger charge is 2.48. The maximum Gasteiger partial charge on any atom is 0.413 e. The number of nitrogens with one attached hydrogen (secondary N) is 1. The van der Waals surface area contributed by atoms with E-state index in [4.69, 9.17) is 24.1 Å². The van der Waals surface area contributed by atoms with Crippen LogP contribution in [0.2, 0.25) is 0 Å². The maximum absolute atomic E-state index is 12.2. The molecule has 2 N–H and O–H groups in total. The van der Waals surface area contributed by atoms with Crippen LogP contribution in [0.4, 0.5) is 4.79 Å². The van der Waals surface area contributed by atoms with Crippen LogP contribution in [0, 0.1) is 0 Å². The van der Waals surface area contributed by atoms with E-state index in [0.29, 0.717) is 23.7 Å². The number of amides is 1. The molecule has 9 heteroatoms. The van der Waals surface area contributed by atoms with Crippen LogP contribution in [-0.4, -0.2) is 75.7 Å². The van der Waals surface area contributed by atoms with E-state index < -0.39 is 18.1 Å². The third-order valence-electron chi connectivity index (χ3n) is 6.22. The molecule has 0 aromatic heterocycles. The van der Waals surface area contributed by atoms with E-state index in [1.54, 1.807) is 14.2 Å². The number of hydrogen-bond acceptors (Lipinski definition) is 7. The van der Waals surface area contributed by atoms with Crippen molar-refractivity contribution in [3.63, 3.8) is 0 Å². The molecule has 0 saturated carbocycles. The highest BCUT2D eigenvalue weighted by Crippen LogP contribution is 2.49. The molecule has 2 aliphatic rings. The molecule has 1 aliphatic carbocycles. The van der Waals surface area contributed by atoms with Gasteiger partial charge in [-0.25, -0.2) is 9.59 Å². The van der Waals surface area contributed by atoms with Gasteiger partial charge in [-0.1, -0.05) is 6.07 Å². The van der Waals surface area contributed by atoms with Crippen molar-refractivity contribution in [1.82, 2.24) is 10.2 Å². The van der Waals surface area contributed by atoms with E-state index in [9.17, 15) is 9.59 Å². The first-order valence-corrected chi connectivity index (χ1v) is 10.2. The number of ether oxygens (including phenoxy) is 4. The fourth-order valence-corrected chi connectivity index (χ4v) is 4.57. The Labute approximate surface area is 181 Å². The second-order valence-electron chi connectivity index (χ2n) is 7.91. The summed E-state index contributed by atoms with van der Waals surface area (Å²) in [6, 6.07) is 4.89. The number of carboxylic acid groups (broad SMARTS) is 1. The molecular formula is C22H30N2O7. The number of likely N-dealkylation sites (N-methyl/N-ethyl adjacent to an activating group) is 1. The monoisotopic (exact) mass is 434 g/mol. The number of alkyl carbamates (subject to hydrolysis) is 1. The lowest BCUT2D eigenvalue weighted by atomic mass is 9.68. The van der Waals surface area contributed by atoms with E-state index >= 15 is 0 Å². The Morgan fingerprint density at radius 2 is 1.97 bits per heavy atom. The van der Waals surface area contributed by atoms with Gasteiger partial charge in [0, 0.05) is 25.0 Å². The number of fused-ring (bicyclic) bond motifs is 1. The Balaban J connectivity index is 1.80. The molecule has 3 rings (SSSR count). The van der Waals surface area contributed by atoms with Gasteiger partial charge >= 0.3 is 12.1 Å². The van der Waals surface area contributed by atoms with Crippen LogP contribution < -0.4 is 14.8 Å². The van der Waals surface area contributed by atoms with Gasteiger partial charge in [0.2, 0.25) is 0 Å². The lowest BCUT2D eigenvalue weighted by molar-refractivity contribution is -0.140. The molecule has 3 atom stereocenters. The predicted molar refractivity (Wildman–Crippen MR) is 112 cm³/mol. The first kappa shape index (κ1) is 22.9. The highest BCUT2D eigenvalue weighted by atomic mass is 16.6. The number of methoxy groups -OCH3 is 3. The zero-order valence-electron chi connectivity index (χ0n) is 18.3. The number of hydrogen-bond donors (Lipinski definition) is 2. The van der Waals surface area contributed by atoms with Gasteiger partial charge in [0.05, 0.1) is 20.8 Å². The molecule has 31 heavy (non-hydrogen) atoms. The molecule has 3 unspecified atom stereocenters. The third kappa shape index (κ3) is 4.62. The number of nitrogens with zero attached hydrogens (tertiary/aromatic N) is 1. The Hall–Kier alpha value is -2.78. The van der Waals surface area contributed by atoms with Gasteiger partial charge in [-0.15, -0.1) is 0 Å². The molecule has 1 aromatic carbocycles. The number of rotatable bonds is 8. The summed E-state index contributed by atoms with van der Waals surface area (Å²) in [5.74, 6) is 0.723. The average molecular weight is 434 g/mol.